The molecule has 4 rings (SSSR count). The smallest absolute Gasteiger partial charge is 0.407 e. The minimum absolute atomic E-state index is 0.167. The van der Waals surface area contributed by atoms with Crippen LogP contribution in [0.15, 0.2) is 16.9 Å². The van der Waals surface area contributed by atoms with Gasteiger partial charge in [0.05, 0.1) is 29.5 Å². The van der Waals surface area contributed by atoms with Crippen LogP contribution in [0.25, 0.3) is 10.9 Å². The monoisotopic (exact) mass is 432 g/mol. The summed E-state index contributed by atoms with van der Waals surface area (Å²) in [6.45, 7) is 2.03. The van der Waals surface area contributed by atoms with Crippen molar-refractivity contribution in [3.8, 4) is 5.75 Å². The normalized spacial score (nSPS) is 17.7. The number of H-pyrrole nitrogens is 1. The summed E-state index contributed by atoms with van der Waals surface area (Å²) in [6.07, 6.45) is 4.61. The lowest BCUT2D eigenvalue weighted by molar-refractivity contribution is 0.136. The van der Waals surface area contributed by atoms with E-state index < -0.39 is 6.09 Å². The SMILES string of the molecule is COc1cc2c(=O)[nH]c(CSC3CCN(C(=O)O)CC3)nc2cc1NCC1CCC1. The molecule has 0 radical (unpaired) electrons. The molecule has 0 bridgehead atoms. The summed E-state index contributed by atoms with van der Waals surface area (Å²) in [5.74, 6) is 2.60. The van der Waals surface area contributed by atoms with Crippen LogP contribution in [-0.4, -0.2) is 58.1 Å². The number of methoxy groups -OCH3 is 1. The molecule has 1 amide bonds. The Labute approximate surface area is 179 Å². The third-order valence-corrected chi connectivity index (χ3v) is 7.43. The van der Waals surface area contributed by atoms with Gasteiger partial charge in [-0.25, -0.2) is 9.78 Å². The number of rotatable bonds is 7. The number of aromatic amines is 1. The van der Waals surface area contributed by atoms with Gasteiger partial charge in [0, 0.05) is 24.9 Å². The van der Waals surface area contributed by atoms with Gasteiger partial charge in [-0.2, -0.15) is 11.8 Å². The number of anilines is 1. The third-order valence-electron chi connectivity index (χ3n) is 6.05. The zero-order valence-electron chi connectivity index (χ0n) is 17.1. The molecule has 1 aliphatic heterocycles. The number of ether oxygens (including phenoxy) is 1. The molecule has 162 valence electrons. The number of piperidine rings is 1. The van der Waals surface area contributed by atoms with E-state index in [1.54, 1.807) is 24.9 Å². The highest BCUT2D eigenvalue weighted by Crippen LogP contribution is 2.32. The van der Waals surface area contributed by atoms with Crippen LogP contribution >= 0.6 is 11.8 Å². The van der Waals surface area contributed by atoms with Gasteiger partial charge in [0.25, 0.3) is 5.56 Å². The van der Waals surface area contributed by atoms with E-state index >= 15 is 0 Å². The van der Waals surface area contributed by atoms with Crippen LogP contribution in [0.4, 0.5) is 10.5 Å². The Morgan fingerprint density at radius 2 is 2.10 bits per heavy atom. The van der Waals surface area contributed by atoms with Crippen molar-refractivity contribution in [3.63, 3.8) is 0 Å². The molecule has 1 saturated carbocycles. The molecular formula is C21H28N4O4S. The number of carbonyl (C=O) groups is 1. The summed E-state index contributed by atoms with van der Waals surface area (Å²) in [5, 5.41) is 13.4. The van der Waals surface area contributed by atoms with E-state index in [0.717, 1.165) is 25.1 Å². The fourth-order valence-corrected chi connectivity index (χ4v) is 5.03. The number of nitrogens with one attached hydrogen (secondary N) is 2. The predicted molar refractivity (Wildman–Crippen MR) is 119 cm³/mol. The lowest BCUT2D eigenvalue weighted by Crippen LogP contribution is -2.38. The lowest BCUT2D eigenvalue weighted by atomic mass is 9.85. The second kappa shape index (κ2) is 9.16. The Hall–Kier alpha value is -2.42. The van der Waals surface area contributed by atoms with Crippen molar-refractivity contribution in [1.82, 2.24) is 14.9 Å². The average Bonchev–Trinajstić information content (AvgIpc) is 2.71. The maximum Gasteiger partial charge on any atom is 0.407 e. The molecule has 9 heteroatoms. The quantitative estimate of drug-likeness (QED) is 0.614. The number of carboxylic acid groups (broad SMARTS) is 1. The number of likely N-dealkylation sites (tertiary alicyclic amines) is 1. The number of hydrogen-bond acceptors (Lipinski definition) is 6. The summed E-state index contributed by atoms with van der Waals surface area (Å²) in [5.41, 5.74) is 1.36. The van der Waals surface area contributed by atoms with Gasteiger partial charge in [-0.15, -0.1) is 0 Å². The van der Waals surface area contributed by atoms with E-state index in [0.29, 0.717) is 52.5 Å². The predicted octanol–water partition coefficient (Wildman–Crippen LogP) is 3.52. The van der Waals surface area contributed by atoms with Crippen molar-refractivity contribution in [2.45, 2.75) is 43.1 Å². The van der Waals surface area contributed by atoms with E-state index in [-0.39, 0.29) is 5.56 Å². The van der Waals surface area contributed by atoms with Gasteiger partial charge in [-0.05, 0) is 43.7 Å². The largest absolute Gasteiger partial charge is 0.495 e. The highest BCUT2D eigenvalue weighted by atomic mass is 32.2. The summed E-state index contributed by atoms with van der Waals surface area (Å²) in [6, 6.07) is 3.66. The average molecular weight is 433 g/mol. The fourth-order valence-electron chi connectivity index (χ4n) is 3.95. The molecule has 0 spiro atoms. The summed E-state index contributed by atoms with van der Waals surface area (Å²) < 4.78 is 5.48. The first-order valence-corrected chi connectivity index (χ1v) is 11.5. The van der Waals surface area contributed by atoms with Crippen molar-refractivity contribution in [3.05, 3.63) is 28.3 Å². The zero-order valence-corrected chi connectivity index (χ0v) is 18.0. The fraction of sp³-hybridized carbons (Fsp3) is 0.571. The minimum Gasteiger partial charge on any atom is -0.495 e. The summed E-state index contributed by atoms with van der Waals surface area (Å²) in [4.78, 5) is 32.7. The number of nitrogens with zero attached hydrogens (tertiary/aromatic N) is 2. The van der Waals surface area contributed by atoms with Crippen molar-refractivity contribution in [2.75, 3.05) is 32.1 Å². The van der Waals surface area contributed by atoms with Crippen LogP contribution in [-0.2, 0) is 5.75 Å². The molecule has 1 aliphatic carbocycles. The first-order chi connectivity index (χ1) is 14.5. The topological polar surface area (TPSA) is 108 Å². The zero-order chi connectivity index (χ0) is 21.1. The van der Waals surface area contributed by atoms with Crippen LogP contribution in [0.1, 0.15) is 37.9 Å². The van der Waals surface area contributed by atoms with Gasteiger partial charge < -0.3 is 25.0 Å². The molecule has 0 unspecified atom stereocenters. The lowest BCUT2D eigenvalue weighted by Gasteiger charge is -2.29. The highest BCUT2D eigenvalue weighted by molar-refractivity contribution is 7.99. The van der Waals surface area contributed by atoms with Gasteiger partial charge in [0.2, 0.25) is 0 Å². The minimum atomic E-state index is -0.851. The molecular weight excluding hydrogens is 404 g/mol. The Balaban J connectivity index is 1.46. The molecule has 2 fully saturated rings. The highest BCUT2D eigenvalue weighted by Gasteiger charge is 2.23. The molecule has 2 heterocycles. The van der Waals surface area contributed by atoms with Gasteiger partial charge in [0.1, 0.15) is 11.6 Å². The van der Waals surface area contributed by atoms with Crippen molar-refractivity contribution < 1.29 is 14.6 Å². The number of thioether (sulfide) groups is 1. The molecule has 2 aliphatic rings. The second-order valence-corrected chi connectivity index (χ2v) is 9.33. The molecule has 1 aromatic heterocycles. The Bertz CT molecular complexity index is 967. The summed E-state index contributed by atoms with van der Waals surface area (Å²) >= 11 is 1.73. The number of amides is 1. The number of fused-ring (bicyclic) bond motifs is 1. The number of benzene rings is 1. The number of hydrogen-bond donors (Lipinski definition) is 3. The van der Waals surface area contributed by atoms with Crippen molar-refractivity contribution >= 4 is 34.4 Å². The standard InChI is InChI=1S/C21H28N4O4S/c1-29-18-9-15-16(10-17(18)22-11-13-3-2-4-13)23-19(24-20(15)26)12-30-14-5-7-25(8-6-14)21(27)28/h9-10,13-14,22H,2-8,11-12H2,1H3,(H,27,28)(H,23,24,26). The van der Waals surface area contributed by atoms with E-state index in [4.69, 9.17) is 9.84 Å². The maximum atomic E-state index is 12.6. The molecule has 30 heavy (non-hydrogen) atoms. The van der Waals surface area contributed by atoms with Gasteiger partial charge in [-0.1, -0.05) is 6.42 Å². The van der Waals surface area contributed by atoms with E-state index in [9.17, 15) is 9.59 Å². The van der Waals surface area contributed by atoms with Gasteiger partial charge >= 0.3 is 6.09 Å². The van der Waals surface area contributed by atoms with Crippen LogP contribution in [0.2, 0.25) is 0 Å². The van der Waals surface area contributed by atoms with Crippen LogP contribution in [0.5, 0.6) is 5.75 Å². The Kier molecular flexibility index (Phi) is 6.36. The van der Waals surface area contributed by atoms with Crippen LogP contribution < -0.4 is 15.6 Å². The molecule has 2 aromatic rings. The molecule has 1 aromatic carbocycles. The first-order valence-electron chi connectivity index (χ1n) is 10.5. The van der Waals surface area contributed by atoms with Gasteiger partial charge in [-0.3, -0.25) is 4.79 Å². The van der Waals surface area contributed by atoms with Crippen LogP contribution in [0.3, 0.4) is 0 Å². The van der Waals surface area contributed by atoms with Crippen LogP contribution in [0, 0.1) is 5.92 Å². The summed E-state index contributed by atoms with van der Waals surface area (Å²) in [7, 11) is 1.61. The number of aromatic nitrogens is 2. The molecule has 8 nitrogen and oxygen atoms in total. The first kappa shape index (κ1) is 20.8. The molecule has 0 atom stereocenters. The second-order valence-electron chi connectivity index (χ2n) is 8.04. The molecule has 3 N–H and O–H groups in total. The third kappa shape index (κ3) is 4.66. The Morgan fingerprint density at radius 1 is 1.33 bits per heavy atom. The van der Waals surface area contributed by atoms with Crippen molar-refractivity contribution in [2.24, 2.45) is 5.92 Å². The van der Waals surface area contributed by atoms with E-state index in [2.05, 4.69) is 15.3 Å². The molecule has 1 saturated heterocycles. The van der Waals surface area contributed by atoms with E-state index in [1.165, 1.54) is 24.2 Å². The maximum absolute atomic E-state index is 12.6. The van der Waals surface area contributed by atoms with Crippen molar-refractivity contribution in [1.29, 1.82) is 0 Å². The van der Waals surface area contributed by atoms with Gasteiger partial charge in [0.15, 0.2) is 0 Å². The Morgan fingerprint density at radius 3 is 2.73 bits per heavy atom. The van der Waals surface area contributed by atoms with E-state index in [1.807, 2.05) is 6.07 Å².